The van der Waals surface area contributed by atoms with Gasteiger partial charge in [0.1, 0.15) is 0 Å². The third-order valence-electron chi connectivity index (χ3n) is 5.24. The molecule has 3 rings (SSSR count). The van der Waals surface area contributed by atoms with Crippen LogP contribution < -0.4 is 5.32 Å². The lowest BCUT2D eigenvalue weighted by Gasteiger charge is -2.27. The molecule has 4 nitrogen and oxygen atoms in total. The van der Waals surface area contributed by atoms with E-state index >= 15 is 0 Å². The van der Waals surface area contributed by atoms with Crippen molar-refractivity contribution in [1.29, 1.82) is 0 Å². The molecule has 132 valence electrons. The van der Waals surface area contributed by atoms with Gasteiger partial charge in [0.15, 0.2) is 0 Å². The van der Waals surface area contributed by atoms with Gasteiger partial charge in [-0.25, -0.2) is 0 Å². The van der Waals surface area contributed by atoms with Gasteiger partial charge in [-0.15, -0.1) is 0 Å². The van der Waals surface area contributed by atoms with Crippen molar-refractivity contribution in [1.82, 2.24) is 4.90 Å². The quantitative estimate of drug-likeness (QED) is 0.858. The number of nitrogens with one attached hydrogen (secondary N) is 1. The van der Waals surface area contributed by atoms with Crippen LogP contribution in [0.1, 0.15) is 43.2 Å². The number of amides is 1. The molecule has 1 heterocycles. The maximum Gasteiger partial charge on any atom is 0.227 e. The van der Waals surface area contributed by atoms with Crippen LogP contribution in [-0.4, -0.2) is 46.1 Å². The van der Waals surface area contributed by atoms with Crippen molar-refractivity contribution in [2.24, 2.45) is 0 Å². The van der Waals surface area contributed by atoms with Crippen LogP contribution in [0, 0.1) is 6.92 Å². The summed E-state index contributed by atoms with van der Waals surface area (Å²) in [5.74, 6) is 2.33. The molecule has 1 saturated carbocycles. The first-order valence-electron chi connectivity index (χ1n) is 8.97. The van der Waals surface area contributed by atoms with E-state index < -0.39 is 5.60 Å². The molecule has 0 unspecified atom stereocenters. The topological polar surface area (TPSA) is 52.6 Å². The Balaban J connectivity index is 1.62. The lowest BCUT2D eigenvalue weighted by Crippen LogP contribution is -2.32. The molecule has 0 spiro atoms. The van der Waals surface area contributed by atoms with E-state index in [9.17, 15) is 9.90 Å². The van der Waals surface area contributed by atoms with Crippen molar-refractivity contribution in [3.05, 3.63) is 29.3 Å². The van der Waals surface area contributed by atoms with Gasteiger partial charge in [0.05, 0.1) is 12.0 Å². The molecule has 0 radical (unpaired) electrons. The zero-order chi connectivity index (χ0) is 17.0. The fraction of sp³-hybridized carbons (Fsp3) is 0.632. The molecule has 5 heteroatoms. The van der Waals surface area contributed by atoms with E-state index in [2.05, 4.69) is 23.2 Å². The van der Waals surface area contributed by atoms with Crippen molar-refractivity contribution >= 4 is 23.4 Å². The Morgan fingerprint density at radius 2 is 2.00 bits per heavy atom. The van der Waals surface area contributed by atoms with E-state index in [0.717, 1.165) is 56.6 Å². The predicted molar refractivity (Wildman–Crippen MR) is 100 cm³/mol. The minimum absolute atomic E-state index is 0.0750. The van der Waals surface area contributed by atoms with E-state index in [1.165, 1.54) is 17.1 Å². The summed E-state index contributed by atoms with van der Waals surface area (Å²) in [6.07, 6.45) is 3.73. The number of benzene rings is 1. The second-order valence-corrected chi connectivity index (χ2v) is 8.36. The number of hydrogen-bond donors (Lipinski definition) is 2. The lowest BCUT2D eigenvalue weighted by molar-refractivity contribution is -0.120. The van der Waals surface area contributed by atoms with Crippen LogP contribution in [-0.2, 0) is 11.3 Å². The number of carbonyl (C=O) groups excluding carboxylic acids is 1. The zero-order valence-corrected chi connectivity index (χ0v) is 15.3. The van der Waals surface area contributed by atoms with Crippen molar-refractivity contribution in [2.75, 3.05) is 29.9 Å². The number of hydrogen-bond acceptors (Lipinski definition) is 4. The zero-order valence-electron chi connectivity index (χ0n) is 14.5. The van der Waals surface area contributed by atoms with Gasteiger partial charge in [-0.2, -0.15) is 11.8 Å². The normalized spacial score (nSPS) is 20.9. The van der Waals surface area contributed by atoms with Gasteiger partial charge in [-0.1, -0.05) is 25.0 Å². The van der Waals surface area contributed by atoms with Gasteiger partial charge in [-0.3, -0.25) is 9.69 Å². The fourth-order valence-corrected chi connectivity index (χ4v) is 4.67. The molecule has 2 fully saturated rings. The number of anilines is 1. The number of rotatable bonds is 5. The van der Waals surface area contributed by atoms with Crippen molar-refractivity contribution < 1.29 is 9.90 Å². The number of aliphatic hydroxyl groups is 1. The predicted octanol–water partition coefficient (Wildman–Crippen LogP) is 3.18. The molecule has 2 aliphatic rings. The minimum atomic E-state index is -0.791. The van der Waals surface area contributed by atoms with Gasteiger partial charge in [0, 0.05) is 36.8 Å². The molecule has 2 N–H and O–H groups in total. The molecule has 1 aromatic carbocycles. The SMILES string of the molecule is Cc1c(CN2CCSCC2)cccc1NC(=O)CC1(O)CCCC1. The molecule has 1 saturated heterocycles. The van der Waals surface area contributed by atoms with Crippen LogP contribution in [0.4, 0.5) is 5.69 Å². The van der Waals surface area contributed by atoms with E-state index in [1.54, 1.807) is 0 Å². The summed E-state index contributed by atoms with van der Waals surface area (Å²) < 4.78 is 0. The minimum Gasteiger partial charge on any atom is -0.389 e. The first-order valence-corrected chi connectivity index (χ1v) is 10.1. The average Bonchev–Trinajstić information content (AvgIpc) is 2.98. The highest BCUT2D eigenvalue weighted by molar-refractivity contribution is 7.99. The van der Waals surface area contributed by atoms with Crippen LogP contribution in [0.5, 0.6) is 0 Å². The highest BCUT2D eigenvalue weighted by atomic mass is 32.2. The highest BCUT2D eigenvalue weighted by Gasteiger charge is 2.33. The highest BCUT2D eigenvalue weighted by Crippen LogP contribution is 2.32. The van der Waals surface area contributed by atoms with Crippen molar-refractivity contribution in [3.63, 3.8) is 0 Å². The number of nitrogens with zero attached hydrogens (tertiary/aromatic N) is 1. The van der Waals surface area contributed by atoms with Crippen LogP contribution in [0.25, 0.3) is 0 Å². The van der Waals surface area contributed by atoms with Gasteiger partial charge >= 0.3 is 0 Å². The Hall–Kier alpha value is -1.04. The Morgan fingerprint density at radius 1 is 1.29 bits per heavy atom. The fourth-order valence-electron chi connectivity index (χ4n) is 3.69. The standard InChI is InChI=1S/C19H28N2O2S/c1-15-16(14-21-9-11-24-12-10-21)5-4-6-17(15)20-18(22)13-19(23)7-2-3-8-19/h4-6,23H,2-3,7-14H2,1H3,(H,20,22). The molecular formula is C19H28N2O2S. The van der Waals surface area contributed by atoms with Gasteiger partial charge in [0.2, 0.25) is 5.91 Å². The summed E-state index contributed by atoms with van der Waals surface area (Å²) in [7, 11) is 0. The molecule has 24 heavy (non-hydrogen) atoms. The Bertz CT molecular complexity index is 579. The van der Waals surface area contributed by atoms with Crippen LogP contribution in [0.3, 0.4) is 0 Å². The molecule has 0 aromatic heterocycles. The molecular weight excluding hydrogens is 320 g/mol. The van der Waals surface area contributed by atoms with E-state index in [4.69, 9.17) is 0 Å². The first kappa shape index (κ1) is 17.8. The Labute approximate surface area is 149 Å². The second-order valence-electron chi connectivity index (χ2n) is 7.13. The lowest BCUT2D eigenvalue weighted by atomic mass is 9.97. The Morgan fingerprint density at radius 3 is 2.71 bits per heavy atom. The molecule has 1 aromatic rings. The summed E-state index contributed by atoms with van der Waals surface area (Å²) in [4.78, 5) is 14.8. The largest absolute Gasteiger partial charge is 0.389 e. The number of carbonyl (C=O) groups is 1. The molecule has 0 atom stereocenters. The average molecular weight is 349 g/mol. The third kappa shape index (κ3) is 4.52. The van der Waals surface area contributed by atoms with Crippen molar-refractivity contribution in [3.8, 4) is 0 Å². The Kier molecular flexibility index (Phi) is 5.85. The summed E-state index contributed by atoms with van der Waals surface area (Å²) >= 11 is 2.02. The third-order valence-corrected chi connectivity index (χ3v) is 6.18. The maximum absolute atomic E-state index is 12.3. The summed E-state index contributed by atoms with van der Waals surface area (Å²) in [6.45, 7) is 5.29. The summed E-state index contributed by atoms with van der Waals surface area (Å²) in [5, 5.41) is 13.4. The smallest absolute Gasteiger partial charge is 0.227 e. The number of thioether (sulfide) groups is 1. The monoisotopic (exact) mass is 348 g/mol. The molecule has 1 aliphatic carbocycles. The van der Waals surface area contributed by atoms with Crippen molar-refractivity contribution in [2.45, 2.75) is 51.2 Å². The van der Waals surface area contributed by atoms with E-state index in [0.29, 0.717) is 0 Å². The van der Waals surface area contributed by atoms with Gasteiger partial charge in [0.25, 0.3) is 0 Å². The summed E-state index contributed by atoms with van der Waals surface area (Å²) in [6, 6.07) is 6.12. The summed E-state index contributed by atoms with van der Waals surface area (Å²) in [5.41, 5.74) is 2.51. The second kappa shape index (κ2) is 7.89. The first-order chi connectivity index (χ1) is 11.6. The van der Waals surface area contributed by atoms with Crippen LogP contribution in [0.2, 0.25) is 0 Å². The maximum atomic E-state index is 12.3. The van der Waals surface area contributed by atoms with Crippen LogP contribution >= 0.6 is 11.8 Å². The van der Waals surface area contributed by atoms with E-state index in [-0.39, 0.29) is 12.3 Å². The van der Waals surface area contributed by atoms with E-state index in [1.807, 2.05) is 23.9 Å². The van der Waals surface area contributed by atoms with Gasteiger partial charge in [-0.05, 0) is 37.0 Å². The molecule has 0 bridgehead atoms. The molecule has 1 aliphatic heterocycles. The molecule has 1 amide bonds. The van der Waals surface area contributed by atoms with Gasteiger partial charge < -0.3 is 10.4 Å². The van der Waals surface area contributed by atoms with Crippen LogP contribution in [0.15, 0.2) is 18.2 Å².